The third-order valence-corrected chi connectivity index (χ3v) is 10.4. The van der Waals surface area contributed by atoms with Crippen molar-refractivity contribution < 1.29 is 13.2 Å². The first kappa shape index (κ1) is 27.6. The molecule has 1 fully saturated rings. The number of benzene rings is 2. The lowest BCUT2D eigenvalue weighted by Gasteiger charge is -2.41. The quantitative estimate of drug-likeness (QED) is 0.387. The first-order valence-corrected chi connectivity index (χ1v) is 16.8. The van der Waals surface area contributed by atoms with E-state index >= 15 is 0 Å². The van der Waals surface area contributed by atoms with E-state index in [2.05, 4.69) is 48.6 Å². The van der Waals surface area contributed by atoms with Crippen molar-refractivity contribution in [2.24, 2.45) is 0 Å². The molecule has 3 aromatic rings. The molecule has 3 aliphatic heterocycles. The minimum absolute atomic E-state index is 0.261. The van der Waals surface area contributed by atoms with Gasteiger partial charge in [-0.1, -0.05) is 46.3 Å². The molecule has 10 heteroatoms. The average molecular weight is 627 g/mol. The van der Waals surface area contributed by atoms with Gasteiger partial charge in [0, 0.05) is 78.6 Å². The molecule has 0 bridgehead atoms. The molecule has 0 spiro atoms. The molecule has 0 radical (unpaired) electrons. The van der Waals surface area contributed by atoms with Gasteiger partial charge >= 0.3 is 0 Å². The highest BCUT2D eigenvalue weighted by Gasteiger charge is 2.33. The third-order valence-electron chi connectivity index (χ3n) is 8.58. The number of likely N-dealkylation sites (tertiary alicyclic amines) is 1. The molecule has 0 saturated carbocycles. The molecule has 3 aliphatic rings. The first-order chi connectivity index (χ1) is 19.3. The van der Waals surface area contributed by atoms with Crippen LogP contribution in [0.4, 0.5) is 5.69 Å². The van der Waals surface area contributed by atoms with Gasteiger partial charge in [0.2, 0.25) is 15.9 Å². The number of hydrogen-bond donors (Lipinski definition) is 0. The topological polar surface area (TPSA) is 78.8 Å². The van der Waals surface area contributed by atoms with Crippen molar-refractivity contribution in [1.82, 2.24) is 19.0 Å². The van der Waals surface area contributed by atoms with Gasteiger partial charge in [0.05, 0.1) is 11.9 Å². The Kier molecular flexibility index (Phi) is 7.87. The number of rotatable bonds is 7. The lowest BCUT2D eigenvalue weighted by molar-refractivity contribution is -0.119. The molecule has 0 N–H and O–H groups in total. The number of carbonyl (C=O) groups excluding carboxylic acids is 1. The Labute approximate surface area is 245 Å². The zero-order valence-corrected chi connectivity index (χ0v) is 25.3. The Balaban J connectivity index is 1.11. The van der Waals surface area contributed by atoms with Crippen molar-refractivity contribution in [2.45, 2.75) is 57.7 Å². The number of para-hydroxylation sites is 1. The fourth-order valence-corrected chi connectivity index (χ4v) is 7.52. The van der Waals surface area contributed by atoms with Gasteiger partial charge in [0.25, 0.3) is 0 Å². The maximum Gasteiger partial charge on any atom is 0.227 e. The van der Waals surface area contributed by atoms with Crippen LogP contribution < -0.4 is 4.90 Å². The lowest BCUT2D eigenvalue weighted by Crippen LogP contribution is -2.49. The van der Waals surface area contributed by atoms with Crippen LogP contribution in [0.25, 0.3) is 11.3 Å². The van der Waals surface area contributed by atoms with E-state index in [4.69, 9.17) is 5.10 Å². The summed E-state index contributed by atoms with van der Waals surface area (Å²) in [6.45, 7) is 4.61. The average Bonchev–Trinajstić information content (AvgIpc) is 3.31. The summed E-state index contributed by atoms with van der Waals surface area (Å²) in [5, 5.41) is 5.01. The normalized spacial score (nSPS) is 19.1. The van der Waals surface area contributed by atoms with Crippen LogP contribution >= 0.6 is 15.9 Å². The van der Waals surface area contributed by atoms with E-state index in [9.17, 15) is 13.2 Å². The smallest absolute Gasteiger partial charge is 0.227 e. The highest BCUT2D eigenvalue weighted by atomic mass is 79.9. The number of hydrogen-bond acceptors (Lipinski definition) is 5. The number of fused-ring (bicyclic) bond motifs is 2. The summed E-state index contributed by atoms with van der Waals surface area (Å²) in [4.78, 5) is 17.4. The number of aryl methyl sites for hydroxylation is 2. The standard InChI is InChI=1S/C30H36BrN5O3S/c1-40(38,39)34-20-15-28-26(21-34)30(23-7-10-24(31)11-8-23)32-35(28)17-4-16-33-18-13-25(14-19-33)36-27-6-3-2-5-22(27)9-12-29(36)37/h2-3,5-8,10-11,25H,4,9,12-21H2,1H3. The second-order valence-electron chi connectivity index (χ2n) is 11.2. The third kappa shape index (κ3) is 5.64. The largest absolute Gasteiger partial charge is 0.309 e. The minimum atomic E-state index is -3.27. The van der Waals surface area contributed by atoms with Crippen LogP contribution in [0.3, 0.4) is 0 Å². The van der Waals surface area contributed by atoms with Crippen LogP contribution in [-0.2, 0) is 40.7 Å². The number of nitrogens with zero attached hydrogens (tertiary/aromatic N) is 5. The van der Waals surface area contributed by atoms with E-state index in [1.54, 1.807) is 4.31 Å². The van der Waals surface area contributed by atoms with Crippen molar-refractivity contribution in [2.75, 3.05) is 37.3 Å². The van der Waals surface area contributed by atoms with E-state index in [1.807, 2.05) is 30.3 Å². The van der Waals surface area contributed by atoms with Crippen molar-refractivity contribution in [3.8, 4) is 11.3 Å². The monoisotopic (exact) mass is 625 g/mol. The van der Waals surface area contributed by atoms with E-state index in [0.717, 1.165) is 84.5 Å². The van der Waals surface area contributed by atoms with E-state index in [1.165, 1.54) is 11.8 Å². The van der Waals surface area contributed by atoms with Crippen molar-refractivity contribution >= 4 is 37.5 Å². The summed E-state index contributed by atoms with van der Waals surface area (Å²) < 4.78 is 29.3. The van der Waals surface area contributed by atoms with Crippen LogP contribution in [0, 0.1) is 0 Å². The van der Waals surface area contributed by atoms with Crippen LogP contribution in [0.15, 0.2) is 53.0 Å². The van der Waals surface area contributed by atoms with E-state index < -0.39 is 10.0 Å². The van der Waals surface area contributed by atoms with Gasteiger partial charge in [-0.05, 0) is 56.0 Å². The fraction of sp³-hybridized carbons (Fsp3) is 0.467. The molecule has 1 saturated heterocycles. The predicted octanol–water partition coefficient (Wildman–Crippen LogP) is 4.46. The molecule has 0 aliphatic carbocycles. The van der Waals surface area contributed by atoms with Gasteiger partial charge in [0.15, 0.2) is 0 Å². The zero-order chi connectivity index (χ0) is 27.9. The Morgan fingerprint density at radius 1 is 0.950 bits per heavy atom. The Morgan fingerprint density at radius 3 is 2.45 bits per heavy atom. The van der Waals surface area contributed by atoms with E-state index in [0.29, 0.717) is 25.9 Å². The molecule has 1 amide bonds. The molecular formula is C30H36BrN5O3S. The summed E-state index contributed by atoms with van der Waals surface area (Å²) in [6.07, 6.45) is 6.36. The summed E-state index contributed by atoms with van der Waals surface area (Å²) in [5.41, 5.74) is 6.45. The Morgan fingerprint density at radius 2 is 1.70 bits per heavy atom. The molecule has 1 aromatic heterocycles. The number of carbonyl (C=O) groups is 1. The zero-order valence-electron chi connectivity index (χ0n) is 22.9. The molecule has 0 unspecified atom stereocenters. The molecule has 0 atom stereocenters. The van der Waals surface area contributed by atoms with Crippen LogP contribution in [0.2, 0.25) is 0 Å². The van der Waals surface area contributed by atoms with Crippen molar-refractivity contribution in [1.29, 1.82) is 0 Å². The first-order valence-electron chi connectivity index (χ1n) is 14.2. The van der Waals surface area contributed by atoms with Crippen LogP contribution in [0.5, 0.6) is 0 Å². The molecule has 212 valence electrons. The number of aromatic nitrogens is 2. The lowest BCUT2D eigenvalue weighted by atomic mass is 9.95. The highest BCUT2D eigenvalue weighted by molar-refractivity contribution is 9.10. The van der Waals surface area contributed by atoms with Crippen LogP contribution in [0.1, 0.15) is 42.5 Å². The number of halogens is 1. The highest BCUT2D eigenvalue weighted by Crippen LogP contribution is 2.33. The minimum Gasteiger partial charge on any atom is -0.309 e. The van der Waals surface area contributed by atoms with Gasteiger partial charge in [-0.25, -0.2) is 8.42 Å². The summed E-state index contributed by atoms with van der Waals surface area (Å²) in [5.74, 6) is 0.261. The Bertz CT molecular complexity index is 1500. The Hall–Kier alpha value is -2.53. The van der Waals surface area contributed by atoms with Gasteiger partial charge < -0.3 is 9.80 Å². The molecule has 4 heterocycles. The summed E-state index contributed by atoms with van der Waals surface area (Å²) in [6, 6.07) is 16.7. The van der Waals surface area contributed by atoms with Crippen LogP contribution in [-0.4, -0.2) is 71.8 Å². The van der Waals surface area contributed by atoms with Crippen molar-refractivity contribution in [3.63, 3.8) is 0 Å². The summed E-state index contributed by atoms with van der Waals surface area (Å²) in [7, 11) is -3.27. The second kappa shape index (κ2) is 11.4. The molecule has 8 nitrogen and oxygen atoms in total. The van der Waals surface area contributed by atoms with Crippen molar-refractivity contribution in [3.05, 3.63) is 69.8 Å². The molecule has 6 rings (SSSR count). The second-order valence-corrected chi connectivity index (χ2v) is 14.1. The van der Waals surface area contributed by atoms with Gasteiger partial charge in [-0.3, -0.25) is 9.48 Å². The maximum atomic E-state index is 12.8. The van der Waals surface area contributed by atoms with Gasteiger partial charge in [0.1, 0.15) is 0 Å². The van der Waals surface area contributed by atoms with Gasteiger partial charge in [-0.15, -0.1) is 0 Å². The maximum absolute atomic E-state index is 12.8. The predicted molar refractivity (Wildman–Crippen MR) is 161 cm³/mol. The number of piperidine rings is 1. The van der Waals surface area contributed by atoms with Gasteiger partial charge in [-0.2, -0.15) is 9.40 Å². The van der Waals surface area contributed by atoms with E-state index in [-0.39, 0.29) is 11.9 Å². The number of sulfonamides is 1. The SMILES string of the molecule is CS(=O)(=O)N1CCc2c(c(-c3ccc(Br)cc3)nn2CCCN2CCC(N3C(=O)CCc4ccccc43)CC2)C1. The number of amides is 1. The summed E-state index contributed by atoms with van der Waals surface area (Å²) >= 11 is 3.50. The molecule has 40 heavy (non-hydrogen) atoms. The fourth-order valence-electron chi connectivity index (χ4n) is 6.47. The number of anilines is 1. The molecule has 2 aromatic carbocycles. The molecular weight excluding hydrogens is 590 g/mol.